The van der Waals surface area contributed by atoms with Crippen LogP contribution in [0.2, 0.25) is 0 Å². The molecule has 0 atom stereocenters. The van der Waals surface area contributed by atoms with Gasteiger partial charge in [0.25, 0.3) is 11.8 Å². The van der Waals surface area contributed by atoms with E-state index in [-0.39, 0.29) is 11.6 Å². The van der Waals surface area contributed by atoms with Gasteiger partial charge in [-0.25, -0.2) is 0 Å². The third kappa shape index (κ3) is 4.70. The van der Waals surface area contributed by atoms with Crippen LogP contribution in [0.1, 0.15) is 16.1 Å². The summed E-state index contributed by atoms with van der Waals surface area (Å²) in [5.74, 6) is -0.373. The molecule has 3 aromatic rings. The van der Waals surface area contributed by atoms with Crippen molar-refractivity contribution >= 4 is 39.5 Å². The van der Waals surface area contributed by atoms with Gasteiger partial charge < -0.3 is 15.1 Å². The molecule has 0 fully saturated rings. The maximum atomic E-state index is 12.6. The summed E-state index contributed by atoms with van der Waals surface area (Å²) < 4.78 is 6.16. The van der Waals surface area contributed by atoms with Gasteiger partial charge >= 0.3 is 0 Å². The number of carbonyl (C=O) groups excluding carboxylic acids is 2. The quantitative estimate of drug-likeness (QED) is 0.610. The van der Waals surface area contributed by atoms with Gasteiger partial charge in [0.15, 0.2) is 0 Å². The van der Waals surface area contributed by atoms with Gasteiger partial charge in [0.2, 0.25) is 0 Å². The van der Waals surface area contributed by atoms with Gasteiger partial charge in [-0.15, -0.1) is 0 Å². The molecule has 26 heavy (non-hydrogen) atoms. The number of rotatable bonds is 5. The number of benzene rings is 2. The van der Waals surface area contributed by atoms with E-state index < -0.39 is 5.91 Å². The van der Waals surface area contributed by atoms with Crippen molar-refractivity contribution in [2.24, 2.45) is 0 Å². The average Bonchev–Trinajstić information content (AvgIpc) is 3.17. The molecule has 6 heteroatoms. The summed E-state index contributed by atoms with van der Waals surface area (Å²) in [5.41, 5.74) is 1.14. The standard InChI is InChI=1S/C20H15BrN2O3/c21-15-8-10-16(11-9-15)22-20(25)18(13-17-7-4-12-26-17)23-19(24)14-5-2-1-3-6-14/h1-13H,(H,22,25)(H,23,24)/b18-13-. The van der Waals surface area contributed by atoms with E-state index >= 15 is 0 Å². The molecular weight excluding hydrogens is 396 g/mol. The highest BCUT2D eigenvalue weighted by atomic mass is 79.9. The maximum Gasteiger partial charge on any atom is 0.272 e. The molecule has 5 nitrogen and oxygen atoms in total. The van der Waals surface area contributed by atoms with E-state index in [1.807, 2.05) is 18.2 Å². The molecule has 0 radical (unpaired) electrons. The Bertz CT molecular complexity index is 917. The van der Waals surface area contributed by atoms with Crippen molar-refractivity contribution in [1.82, 2.24) is 5.32 Å². The van der Waals surface area contributed by atoms with Crippen LogP contribution in [0.5, 0.6) is 0 Å². The molecule has 2 amide bonds. The normalized spacial score (nSPS) is 11.0. The smallest absolute Gasteiger partial charge is 0.272 e. The van der Waals surface area contributed by atoms with E-state index in [0.29, 0.717) is 17.0 Å². The van der Waals surface area contributed by atoms with Gasteiger partial charge in [0.05, 0.1) is 6.26 Å². The Morgan fingerprint density at radius 2 is 1.65 bits per heavy atom. The summed E-state index contributed by atoms with van der Waals surface area (Å²) in [4.78, 5) is 25.1. The zero-order valence-electron chi connectivity index (χ0n) is 13.6. The second kappa shape index (κ2) is 8.31. The Kier molecular flexibility index (Phi) is 5.66. The van der Waals surface area contributed by atoms with Crippen LogP contribution in [0.3, 0.4) is 0 Å². The molecule has 0 saturated heterocycles. The first kappa shape index (κ1) is 17.7. The lowest BCUT2D eigenvalue weighted by atomic mass is 10.2. The SMILES string of the molecule is O=C(Nc1ccc(Br)cc1)/C(=C/c1ccco1)NC(=O)c1ccccc1. The minimum Gasteiger partial charge on any atom is -0.465 e. The van der Waals surface area contributed by atoms with Crippen LogP contribution in [0.15, 0.2) is 87.6 Å². The third-order valence-corrected chi connectivity index (χ3v) is 3.99. The second-order valence-electron chi connectivity index (χ2n) is 5.35. The molecule has 3 rings (SSSR count). The summed E-state index contributed by atoms with van der Waals surface area (Å²) >= 11 is 3.35. The van der Waals surface area contributed by atoms with Crippen molar-refractivity contribution in [3.05, 3.63) is 94.5 Å². The molecule has 0 aliphatic rings. The number of carbonyl (C=O) groups is 2. The highest BCUT2D eigenvalue weighted by Crippen LogP contribution is 2.15. The Balaban J connectivity index is 1.82. The van der Waals surface area contributed by atoms with Crippen molar-refractivity contribution in [1.29, 1.82) is 0 Å². The number of amides is 2. The lowest BCUT2D eigenvalue weighted by Gasteiger charge is -2.11. The fraction of sp³-hybridized carbons (Fsp3) is 0. The van der Waals surface area contributed by atoms with Crippen LogP contribution in [0.4, 0.5) is 5.69 Å². The highest BCUT2D eigenvalue weighted by molar-refractivity contribution is 9.10. The van der Waals surface area contributed by atoms with E-state index in [1.165, 1.54) is 12.3 Å². The molecule has 0 aliphatic heterocycles. The Hall–Kier alpha value is -3.12. The Labute approximate surface area is 158 Å². The highest BCUT2D eigenvalue weighted by Gasteiger charge is 2.15. The third-order valence-electron chi connectivity index (χ3n) is 3.46. The van der Waals surface area contributed by atoms with Crippen LogP contribution in [-0.2, 0) is 4.79 Å². The molecule has 0 saturated carbocycles. The molecule has 2 N–H and O–H groups in total. The molecule has 0 unspecified atom stereocenters. The van der Waals surface area contributed by atoms with Crippen LogP contribution < -0.4 is 10.6 Å². The largest absolute Gasteiger partial charge is 0.465 e. The van der Waals surface area contributed by atoms with Crippen LogP contribution in [0, 0.1) is 0 Å². The minimum absolute atomic E-state index is 0.0803. The Morgan fingerprint density at radius 1 is 0.923 bits per heavy atom. The van der Waals surface area contributed by atoms with Gasteiger partial charge in [-0.05, 0) is 48.5 Å². The predicted octanol–water partition coefficient (Wildman–Crippen LogP) is 4.45. The molecule has 2 aromatic carbocycles. The van der Waals surface area contributed by atoms with E-state index in [9.17, 15) is 9.59 Å². The number of nitrogens with one attached hydrogen (secondary N) is 2. The minimum atomic E-state index is -0.451. The van der Waals surface area contributed by atoms with Crippen molar-refractivity contribution in [2.45, 2.75) is 0 Å². The number of furan rings is 1. The lowest BCUT2D eigenvalue weighted by molar-refractivity contribution is -0.113. The number of hydrogen-bond donors (Lipinski definition) is 2. The summed E-state index contributed by atoms with van der Waals surface area (Å²) in [6, 6.07) is 19.2. The lowest BCUT2D eigenvalue weighted by Crippen LogP contribution is -2.30. The summed E-state index contributed by atoms with van der Waals surface area (Å²) in [7, 11) is 0. The molecule has 130 valence electrons. The first-order chi connectivity index (χ1) is 12.6. The molecule has 1 heterocycles. The van der Waals surface area contributed by atoms with Crippen molar-refractivity contribution < 1.29 is 14.0 Å². The van der Waals surface area contributed by atoms with Gasteiger partial charge in [0, 0.05) is 21.8 Å². The number of halogens is 1. The monoisotopic (exact) mass is 410 g/mol. The number of hydrogen-bond acceptors (Lipinski definition) is 3. The van der Waals surface area contributed by atoms with Crippen LogP contribution in [-0.4, -0.2) is 11.8 Å². The average molecular weight is 411 g/mol. The van der Waals surface area contributed by atoms with Crippen molar-refractivity contribution in [3.8, 4) is 0 Å². The van der Waals surface area contributed by atoms with E-state index in [2.05, 4.69) is 26.6 Å². The molecule has 0 bridgehead atoms. The second-order valence-corrected chi connectivity index (χ2v) is 6.27. The van der Waals surface area contributed by atoms with Crippen molar-refractivity contribution in [2.75, 3.05) is 5.32 Å². The van der Waals surface area contributed by atoms with Crippen LogP contribution >= 0.6 is 15.9 Å². The van der Waals surface area contributed by atoms with Crippen molar-refractivity contribution in [3.63, 3.8) is 0 Å². The summed E-state index contributed by atoms with van der Waals surface area (Å²) in [6.45, 7) is 0. The first-order valence-electron chi connectivity index (χ1n) is 7.80. The summed E-state index contributed by atoms with van der Waals surface area (Å²) in [6.07, 6.45) is 2.98. The van der Waals surface area contributed by atoms with E-state index in [0.717, 1.165) is 4.47 Å². The molecule has 0 spiro atoms. The maximum absolute atomic E-state index is 12.6. The molecule has 0 aliphatic carbocycles. The van der Waals surface area contributed by atoms with Gasteiger partial charge in [-0.1, -0.05) is 34.1 Å². The summed E-state index contributed by atoms with van der Waals surface area (Å²) in [5, 5.41) is 5.40. The van der Waals surface area contributed by atoms with Gasteiger partial charge in [0.1, 0.15) is 11.5 Å². The molecule has 1 aromatic heterocycles. The fourth-order valence-electron chi connectivity index (χ4n) is 2.19. The van der Waals surface area contributed by atoms with E-state index in [4.69, 9.17) is 4.42 Å². The van der Waals surface area contributed by atoms with Gasteiger partial charge in [-0.3, -0.25) is 9.59 Å². The topological polar surface area (TPSA) is 71.3 Å². The molecular formula is C20H15BrN2O3. The predicted molar refractivity (Wildman–Crippen MR) is 103 cm³/mol. The zero-order valence-corrected chi connectivity index (χ0v) is 15.2. The van der Waals surface area contributed by atoms with Gasteiger partial charge in [-0.2, -0.15) is 0 Å². The fourth-order valence-corrected chi connectivity index (χ4v) is 2.45. The number of anilines is 1. The van der Waals surface area contributed by atoms with E-state index in [1.54, 1.807) is 48.5 Å². The zero-order chi connectivity index (χ0) is 18.4. The first-order valence-corrected chi connectivity index (χ1v) is 8.59. The van der Waals surface area contributed by atoms with Crippen LogP contribution in [0.25, 0.3) is 6.08 Å². The Morgan fingerprint density at radius 3 is 2.31 bits per heavy atom.